The molecule has 0 spiro atoms. The molecule has 4 nitrogen and oxygen atoms in total. The van der Waals surface area contributed by atoms with E-state index in [1.54, 1.807) is 4.90 Å². The van der Waals surface area contributed by atoms with E-state index >= 15 is 0 Å². The number of hydrogen-bond acceptors (Lipinski definition) is 4. The van der Waals surface area contributed by atoms with Crippen molar-refractivity contribution in [1.82, 2.24) is 9.21 Å². The number of rotatable bonds is 2. The van der Waals surface area contributed by atoms with E-state index in [2.05, 4.69) is 4.31 Å². The average Bonchev–Trinajstić information content (AvgIpc) is 2.17. The SMILES string of the molecule is CN(C)C(=O)C1CCN(SN)CC1. The highest BCUT2D eigenvalue weighted by Crippen LogP contribution is 2.21. The fraction of sp³-hybridized carbons (Fsp3) is 0.875. The molecular formula is C8H17N3OS. The third kappa shape index (κ3) is 2.86. The van der Waals surface area contributed by atoms with Crippen molar-refractivity contribution in [2.45, 2.75) is 12.8 Å². The van der Waals surface area contributed by atoms with Gasteiger partial charge in [-0.25, -0.2) is 4.31 Å². The average molecular weight is 203 g/mol. The molecule has 0 aromatic carbocycles. The normalized spacial score (nSPS) is 20.2. The van der Waals surface area contributed by atoms with Crippen molar-refractivity contribution >= 4 is 18.0 Å². The zero-order valence-corrected chi connectivity index (χ0v) is 9.01. The molecule has 2 N–H and O–H groups in total. The van der Waals surface area contributed by atoms with Crippen molar-refractivity contribution in [3.63, 3.8) is 0 Å². The van der Waals surface area contributed by atoms with Gasteiger partial charge in [0.2, 0.25) is 5.91 Å². The molecule has 0 aliphatic carbocycles. The molecular weight excluding hydrogens is 186 g/mol. The van der Waals surface area contributed by atoms with E-state index in [4.69, 9.17) is 5.14 Å². The first-order valence-electron chi connectivity index (χ1n) is 4.48. The summed E-state index contributed by atoms with van der Waals surface area (Å²) in [5, 5.41) is 5.43. The van der Waals surface area contributed by atoms with Gasteiger partial charge in [0.25, 0.3) is 0 Å². The Balaban J connectivity index is 2.36. The van der Waals surface area contributed by atoms with Crippen LogP contribution < -0.4 is 5.14 Å². The van der Waals surface area contributed by atoms with Gasteiger partial charge >= 0.3 is 0 Å². The molecule has 0 aromatic rings. The molecule has 0 atom stereocenters. The van der Waals surface area contributed by atoms with Crippen LogP contribution in [0.3, 0.4) is 0 Å². The number of carbonyl (C=O) groups excluding carboxylic acids is 1. The van der Waals surface area contributed by atoms with Crippen LogP contribution in [-0.4, -0.2) is 42.3 Å². The first kappa shape index (κ1) is 10.8. The first-order valence-corrected chi connectivity index (χ1v) is 5.31. The third-order valence-electron chi connectivity index (χ3n) is 2.39. The van der Waals surface area contributed by atoms with E-state index in [0.717, 1.165) is 25.9 Å². The summed E-state index contributed by atoms with van der Waals surface area (Å²) in [4.78, 5) is 13.2. The minimum atomic E-state index is 0.207. The van der Waals surface area contributed by atoms with E-state index in [0.29, 0.717) is 0 Å². The van der Waals surface area contributed by atoms with Gasteiger partial charge in [-0.2, -0.15) is 0 Å². The third-order valence-corrected chi connectivity index (χ3v) is 3.06. The van der Waals surface area contributed by atoms with Crippen LogP contribution in [0.25, 0.3) is 0 Å². The van der Waals surface area contributed by atoms with E-state index in [1.807, 2.05) is 14.1 Å². The van der Waals surface area contributed by atoms with E-state index in [1.165, 1.54) is 12.1 Å². The van der Waals surface area contributed by atoms with Gasteiger partial charge < -0.3 is 4.90 Å². The van der Waals surface area contributed by atoms with Crippen LogP contribution in [0.5, 0.6) is 0 Å². The Morgan fingerprint density at radius 1 is 1.46 bits per heavy atom. The summed E-state index contributed by atoms with van der Waals surface area (Å²) in [5.41, 5.74) is 0. The lowest BCUT2D eigenvalue weighted by atomic mass is 9.97. The van der Waals surface area contributed by atoms with Crippen molar-refractivity contribution in [3.05, 3.63) is 0 Å². The summed E-state index contributed by atoms with van der Waals surface area (Å²) in [7, 11) is 3.62. The van der Waals surface area contributed by atoms with Crippen molar-refractivity contribution in [1.29, 1.82) is 0 Å². The lowest BCUT2D eigenvalue weighted by Gasteiger charge is -2.30. The number of nitrogens with zero attached hydrogens (tertiary/aromatic N) is 2. The predicted molar refractivity (Wildman–Crippen MR) is 54.8 cm³/mol. The fourth-order valence-electron chi connectivity index (χ4n) is 1.57. The van der Waals surface area contributed by atoms with Gasteiger partial charge in [-0.1, -0.05) is 0 Å². The van der Waals surface area contributed by atoms with Gasteiger partial charge in [0.1, 0.15) is 0 Å². The highest BCUT2D eigenvalue weighted by atomic mass is 32.2. The summed E-state index contributed by atoms with van der Waals surface area (Å²) < 4.78 is 2.10. The Morgan fingerprint density at radius 3 is 2.38 bits per heavy atom. The molecule has 1 aliphatic rings. The van der Waals surface area contributed by atoms with Gasteiger partial charge in [0.05, 0.1) is 0 Å². The van der Waals surface area contributed by atoms with Crippen molar-refractivity contribution in [2.75, 3.05) is 27.2 Å². The van der Waals surface area contributed by atoms with E-state index in [9.17, 15) is 4.79 Å². The van der Waals surface area contributed by atoms with Crippen molar-refractivity contribution < 1.29 is 4.79 Å². The number of hydrogen-bond donors (Lipinski definition) is 1. The molecule has 0 unspecified atom stereocenters. The molecule has 76 valence electrons. The summed E-state index contributed by atoms with van der Waals surface area (Å²) in [5.74, 6) is 0.458. The Morgan fingerprint density at radius 2 is 2.00 bits per heavy atom. The monoisotopic (exact) mass is 203 g/mol. The molecule has 1 fully saturated rings. The molecule has 13 heavy (non-hydrogen) atoms. The maximum absolute atomic E-state index is 11.6. The second-order valence-electron chi connectivity index (χ2n) is 3.54. The second kappa shape index (κ2) is 4.83. The molecule has 1 rings (SSSR count). The van der Waals surface area contributed by atoms with Crippen LogP contribution >= 0.6 is 12.1 Å². The lowest BCUT2D eigenvalue weighted by molar-refractivity contribution is -0.134. The highest BCUT2D eigenvalue weighted by Gasteiger charge is 2.25. The predicted octanol–water partition coefficient (Wildman–Crippen LogP) is 0.308. The Hall–Kier alpha value is -0.260. The molecule has 1 aliphatic heterocycles. The summed E-state index contributed by atoms with van der Waals surface area (Å²) >= 11 is 1.28. The molecule has 0 bridgehead atoms. The van der Waals surface area contributed by atoms with Crippen LogP contribution in [0.2, 0.25) is 0 Å². The molecule has 1 saturated heterocycles. The number of piperidine rings is 1. The molecule has 1 heterocycles. The van der Waals surface area contributed by atoms with Gasteiger partial charge in [-0.3, -0.25) is 9.93 Å². The van der Waals surface area contributed by atoms with E-state index in [-0.39, 0.29) is 11.8 Å². The second-order valence-corrected chi connectivity index (χ2v) is 4.27. The Labute approximate surface area is 83.7 Å². The molecule has 0 radical (unpaired) electrons. The smallest absolute Gasteiger partial charge is 0.225 e. The quantitative estimate of drug-likeness (QED) is 0.656. The van der Waals surface area contributed by atoms with Crippen molar-refractivity contribution in [2.24, 2.45) is 11.1 Å². The zero-order chi connectivity index (χ0) is 9.84. The van der Waals surface area contributed by atoms with E-state index < -0.39 is 0 Å². The standard InChI is InChI=1S/C8H17N3OS/c1-10(2)8(12)7-3-5-11(13-9)6-4-7/h7H,3-6,9H2,1-2H3. The molecule has 1 amide bonds. The summed E-state index contributed by atoms with van der Waals surface area (Å²) in [6, 6.07) is 0. The van der Waals surface area contributed by atoms with Crippen LogP contribution in [0.15, 0.2) is 0 Å². The minimum Gasteiger partial charge on any atom is -0.349 e. The maximum Gasteiger partial charge on any atom is 0.225 e. The number of nitrogens with two attached hydrogens (primary N) is 1. The molecule has 5 heteroatoms. The van der Waals surface area contributed by atoms with Crippen LogP contribution in [0, 0.1) is 5.92 Å². The number of amides is 1. The minimum absolute atomic E-state index is 0.207. The molecule has 0 saturated carbocycles. The lowest BCUT2D eigenvalue weighted by Crippen LogP contribution is -2.38. The molecule has 0 aromatic heterocycles. The fourth-order valence-corrected chi connectivity index (χ4v) is 1.99. The topological polar surface area (TPSA) is 49.6 Å². The Bertz CT molecular complexity index is 178. The van der Waals surface area contributed by atoms with Gasteiger partial charge in [0, 0.05) is 45.2 Å². The Kier molecular flexibility index (Phi) is 4.02. The van der Waals surface area contributed by atoms with Crippen LogP contribution in [0.1, 0.15) is 12.8 Å². The largest absolute Gasteiger partial charge is 0.349 e. The van der Waals surface area contributed by atoms with Crippen LogP contribution in [0.4, 0.5) is 0 Å². The zero-order valence-electron chi connectivity index (χ0n) is 8.19. The maximum atomic E-state index is 11.6. The van der Waals surface area contributed by atoms with Crippen LogP contribution in [-0.2, 0) is 4.79 Å². The van der Waals surface area contributed by atoms with Gasteiger partial charge in [-0.15, -0.1) is 0 Å². The first-order chi connectivity index (χ1) is 6.15. The summed E-state index contributed by atoms with van der Waals surface area (Å²) in [6.07, 6.45) is 1.86. The highest BCUT2D eigenvalue weighted by molar-refractivity contribution is 7.94. The number of carbonyl (C=O) groups is 1. The summed E-state index contributed by atoms with van der Waals surface area (Å²) in [6.45, 7) is 1.84. The van der Waals surface area contributed by atoms with Crippen molar-refractivity contribution in [3.8, 4) is 0 Å². The van der Waals surface area contributed by atoms with Gasteiger partial charge in [0.15, 0.2) is 0 Å². The van der Waals surface area contributed by atoms with Gasteiger partial charge in [-0.05, 0) is 12.8 Å².